The highest BCUT2D eigenvalue weighted by atomic mass is 32.2. The highest BCUT2D eigenvalue weighted by Crippen LogP contribution is 2.18. The fraction of sp³-hybridized carbons (Fsp3) is 0.0909. The lowest BCUT2D eigenvalue weighted by Gasteiger charge is -2.07. The first-order valence-electron chi connectivity index (χ1n) is 4.27. The molecule has 0 spiro atoms. The molecule has 2 rings (SSSR count). The van der Waals surface area contributed by atoms with Crippen LogP contribution in [0.15, 0.2) is 48.0 Å². The summed E-state index contributed by atoms with van der Waals surface area (Å²) >= 11 is 1.73. The molecular weight excluding hydrogens is 178 g/mol. The van der Waals surface area contributed by atoms with Gasteiger partial charge in [0.1, 0.15) is 0 Å². The van der Waals surface area contributed by atoms with Gasteiger partial charge >= 0.3 is 0 Å². The summed E-state index contributed by atoms with van der Waals surface area (Å²) in [6, 6.07) is 10.3. The molecule has 0 saturated heterocycles. The number of nitrogens with zero attached hydrogens (tertiary/aromatic N) is 1. The largest absolute Gasteiger partial charge is 0.316 e. The molecule has 0 fully saturated rings. The molecule has 0 N–H and O–H groups in total. The van der Waals surface area contributed by atoms with Gasteiger partial charge in [0.05, 0.1) is 0 Å². The van der Waals surface area contributed by atoms with Crippen molar-refractivity contribution < 1.29 is 0 Å². The van der Waals surface area contributed by atoms with Crippen LogP contribution in [0, 0.1) is 0 Å². The smallest absolute Gasteiger partial charge is 0.0481 e. The van der Waals surface area contributed by atoms with E-state index in [0.29, 0.717) is 0 Å². The zero-order chi connectivity index (χ0) is 8.93. The van der Waals surface area contributed by atoms with Crippen LogP contribution in [0.4, 0.5) is 0 Å². The third-order valence-electron chi connectivity index (χ3n) is 1.81. The van der Waals surface area contributed by atoms with Crippen molar-refractivity contribution in [2.75, 3.05) is 6.54 Å². The molecule has 0 aliphatic carbocycles. The van der Waals surface area contributed by atoms with E-state index in [1.165, 1.54) is 5.56 Å². The number of hydrogen-bond donors (Lipinski definition) is 0. The van der Waals surface area contributed by atoms with E-state index in [2.05, 4.69) is 52.3 Å². The van der Waals surface area contributed by atoms with Crippen LogP contribution >= 0.6 is 11.9 Å². The summed E-state index contributed by atoms with van der Waals surface area (Å²) in [6.45, 7) is 1.01. The summed E-state index contributed by atoms with van der Waals surface area (Å²) in [4.78, 5) is 0. The third-order valence-corrected chi connectivity index (χ3v) is 2.67. The maximum atomic E-state index is 2.19. The van der Waals surface area contributed by atoms with Crippen LogP contribution in [0.2, 0.25) is 0 Å². The maximum Gasteiger partial charge on any atom is 0.0481 e. The van der Waals surface area contributed by atoms with Gasteiger partial charge in [0, 0.05) is 12.7 Å². The quantitative estimate of drug-likeness (QED) is 0.657. The Balaban J connectivity index is 1.97. The predicted octanol–water partition coefficient (Wildman–Crippen LogP) is 3.13. The summed E-state index contributed by atoms with van der Waals surface area (Å²) in [5, 5.41) is 2.11. The van der Waals surface area contributed by atoms with Crippen LogP contribution < -0.4 is 0 Å². The molecular formula is C11H11NS. The first kappa shape index (κ1) is 8.45. The van der Waals surface area contributed by atoms with Crippen molar-refractivity contribution in [3.05, 3.63) is 53.6 Å². The van der Waals surface area contributed by atoms with Gasteiger partial charge in [-0.05, 0) is 29.0 Å². The summed E-state index contributed by atoms with van der Waals surface area (Å²) in [6.07, 6.45) is 6.39. The standard InChI is InChI=1S/C11H11NS/c1-2-5-11(6-3-1)7-9-12-8-4-10-13-12/h1-7,9-10H,8H2/b9-7+. The number of rotatable bonds is 2. The Hall–Kier alpha value is -1.15. The second kappa shape index (κ2) is 4.19. The van der Waals surface area contributed by atoms with Gasteiger partial charge in [-0.2, -0.15) is 0 Å². The molecule has 0 unspecified atom stereocenters. The van der Waals surface area contributed by atoms with Gasteiger partial charge in [-0.1, -0.05) is 36.4 Å². The molecule has 1 heterocycles. The summed E-state index contributed by atoms with van der Waals surface area (Å²) < 4.78 is 2.19. The molecule has 2 heteroatoms. The highest BCUT2D eigenvalue weighted by molar-refractivity contribution is 8.00. The van der Waals surface area contributed by atoms with E-state index in [4.69, 9.17) is 0 Å². The van der Waals surface area contributed by atoms with Crippen LogP contribution in [0.25, 0.3) is 6.08 Å². The van der Waals surface area contributed by atoms with Crippen LogP contribution in [-0.4, -0.2) is 10.8 Å². The van der Waals surface area contributed by atoms with Crippen LogP contribution in [0.1, 0.15) is 5.56 Å². The second-order valence-electron chi connectivity index (χ2n) is 2.80. The van der Waals surface area contributed by atoms with Gasteiger partial charge < -0.3 is 4.31 Å². The molecule has 0 saturated carbocycles. The van der Waals surface area contributed by atoms with Crippen molar-refractivity contribution in [2.45, 2.75) is 0 Å². The van der Waals surface area contributed by atoms with E-state index in [1.54, 1.807) is 11.9 Å². The molecule has 1 nitrogen and oxygen atoms in total. The van der Waals surface area contributed by atoms with Crippen molar-refractivity contribution in [3.8, 4) is 0 Å². The minimum absolute atomic E-state index is 1.01. The van der Waals surface area contributed by atoms with E-state index in [-0.39, 0.29) is 0 Å². The fourth-order valence-electron chi connectivity index (χ4n) is 1.14. The summed E-state index contributed by atoms with van der Waals surface area (Å²) in [5.41, 5.74) is 1.25. The molecule has 0 atom stereocenters. The van der Waals surface area contributed by atoms with Crippen LogP contribution in [0.5, 0.6) is 0 Å². The first-order chi connectivity index (χ1) is 6.45. The topological polar surface area (TPSA) is 3.24 Å². The zero-order valence-corrected chi connectivity index (χ0v) is 8.08. The summed E-state index contributed by atoms with van der Waals surface area (Å²) in [7, 11) is 0. The number of benzene rings is 1. The van der Waals surface area contributed by atoms with Gasteiger partial charge in [-0.3, -0.25) is 0 Å². The Morgan fingerprint density at radius 2 is 2.08 bits per heavy atom. The molecule has 13 heavy (non-hydrogen) atoms. The molecule has 1 aliphatic rings. The second-order valence-corrected chi connectivity index (χ2v) is 3.76. The summed E-state index contributed by atoms with van der Waals surface area (Å²) in [5.74, 6) is 0. The van der Waals surface area contributed by atoms with E-state index in [0.717, 1.165) is 6.54 Å². The first-order valence-corrected chi connectivity index (χ1v) is 5.10. The fourth-order valence-corrected chi connectivity index (χ4v) is 1.77. The van der Waals surface area contributed by atoms with Crippen molar-refractivity contribution in [1.29, 1.82) is 0 Å². The van der Waals surface area contributed by atoms with Crippen LogP contribution in [-0.2, 0) is 0 Å². The van der Waals surface area contributed by atoms with E-state index in [1.807, 2.05) is 6.07 Å². The zero-order valence-electron chi connectivity index (χ0n) is 7.26. The lowest BCUT2D eigenvalue weighted by molar-refractivity contribution is 0.719. The Kier molecular flexibility index (Phi) is 2.72. The SMILES string of the molecule is C1=CSN(/C=C/c2ccccc2)C1. The Labute approximate surface area is 82.9 Å². The molecule has 0 amide bonds. The van der Waals surface area contributed by atoms with Gasteiger partial charge in [-0.25, -0.2) is 0 Å². The van der Waals surface area contributed by atoms with E-state index >= 15 is 0 Å². The molecule has 1 aromatic carbocycles. The van der Waals surface area contributed by atoms with E-state index < -0.39 is 0 Å². The van der Waals surface area contributed by atoms with Crippen molar-refractivity contribution in [1.82, 2.24) is 4.31 Å². The lowest BCUT2D eigenvalue weighted by atomic mass is 10.2. The third kappa shape index (κ3) is 2.39. The Morgan fingerprint density at radius 1 is 1.23 bits per heavy atom. The van der Waals surface area contributed by atoms with Crippen molar-refractivity contribution >= 4 is 18.0 Å². The minimum Gasteiger partial charge on any atom is -0.316 e. The van der Waals surface area contributed by atoms with Crippen molar-refractivity contribution in [3.63, 3.8) is 0 Å². The minimum atomic E-state index is 1.01. The number of hydrogen-bond acceptors (Lipinski definition) is 2. The maximum absolute atomic E-state index is 2.19. The predicted molar refractivity (Wildman–Crippen MR) is 58.9 cm³/mol. The lowest BCUT2D eigenvalue weighted by Crippen LogP contribution is -2.00. The molecule has 0 radical (unpaired) electrons. The normalized spacial score (nSPS) is 15.8. The van der Waals surface area contributed by atoms with Crippen molar-refractivity contribution in [2.24, 2.45) is 0 Å². The van der Waals surface area contributed by atoms with Gasteiger partial charge in [0.15, 0.2) is 0 Å². The molecule has 66 valence electrons. The average Bonchev–Trinajstić information content (AvgIpc) is 2.69. The molecule has 1 aromatic rings. The molecule has 0 bridgehead atoms. The van der Waals surface area contributed by atoms with Gasteiger partial charge in [-0.15, -0.1) is 0 Å². The average molecular weight is 189 g/mol. The van der Waals surface area contributed by atoms with Gasteiger partial charge in [0.25, 0.3) is 0 Å². The highest BCUT2D eigenvalue weighted by Gasteiger charge is 1.99. The molecule has 0 aromatic heterocycles. The Morgan fingerprint density at radius 3 is 2.77 bits per heavy atom. The monoisotopic (exact) mass is 189 g/mol. The van der Waals surface area contributed by atoms with Crippen LogP contribution in [0.3, 0.4) is 0 Å². The van der Waals surface area contributed by atoms with Gasteiger partial charge in [0.2, 0.25) is 0 Å². The van der Waals surface area contributed by atoms with E-state index in [9.17, 15) is 0 Å². The molecule has 1 aliphatic heterocycles. The Bertz CT molecular complexity index is 308.